The highest BCUT2D eigenvalue weighted by atomic mass is 19.4. The zero-order valence-electron chi connectivity index (χ0n) is 10.9. The molecule has 1 aromatic carbocycles. The number of ether oxygens (including phenoxy) is 2. The summed E-state index contributed by atoms with van der Waals surface area (Å²) >= 11 is 0. The summed E-state index contributed by atoms with van der Waals surface area (Å²) in [4.78, 5) is 11.4. The molecule has 7 heteroatoms. The largest absolute Gasteiger partial charge is 0.495 e. The maximum Gasteiger partial charge on any atom is 0.420 e. The van der Waals surface area contributed by atoms with Gasteiger partial charge in [0.1, 0.15) is 11.8 Å². The average molecular weight is 287 g/mol. The van der Waals surface area contributed by atoms with Gasteiger partial charge < -0.3 is 9.47 Å². The van der Waals surface area contributed by atoms with Gasteiger partial charge in [0.25, 0.3) is 0 Å². The number of benzene rings is 1. The molecule has 0 N–H and O–H groups in total. The minimum absolute atomic E-state index is 0.135. The van der Waals surface area contributed by atoms with Gasteiger partial charge in [0.15, 0.2) is 0 Å². The first-order chi connectivity index (χ1) is 9.35. The molecule has 108 valence electrons. The smallest absolute Gasteiger partial charge is 0.420 e. The molecule has 0 atom stereocenters. The summed E-state index contributed by atoms with van der Waals surface area (Å²) in [6.45, 7) is 1.76. The fourth-order valence-electron chi connectivity index (χ4n) is 1.70. The molecular formula is C13H12F3NO3. The van der Waals surface area contributed by atoms with Gasteiger partial charge in [-0.25, -0.2) is 0 Å². The van der Waals surface area contributed by atoms with Crippen LogP contribution in [0.25, 0.3) is 0 Å². The van der Waals surface area contributed by atoms with Gasteiger partial charge in [-0.15, -0.1) is 0 Å². The fraction of sp³-hybridized carbons (Fsp3) is 0.385. The van der Waals surface area contributed by atoms with Gasteiger partial charge in [0.2, 0.25) is 0 Å². The molecule has 0 heterocycles. The van der Waals surface area contributed by atoms with Crippen LogP contribution in [0.4, 0.5) is 13.2 Å². The molecule has 0 radical (unpaired) electrons. The number of hydrogen-bond donors (Lipinski definition) is 0. The van der Waals surface area contributed by atoms with Crippen molar-refractivity contribution in [2.75, 3.05) is 13.7 Å². The summed E-state index contributed by atoms with van der Waals surface area (Å²) in [5.74, 6) is -1.20. The lowest BCUT2D eigenvalue weighted by molar-refractivity contribution is -0.142. The number of hydrogen-bond acceptors (Lipinski definition) is 4. The normalized spacial score (nSPS) is 10.8. The summed E-state index contributed by atoms with van der Waals surface area (Å²) in [5.41, 5.74) is -1.23. The highest BCUT2D eigenvalue weighted by Crippen LogP contribution is 2.39. The van der Waals surface area contributed by atoms with Crippen molar-refractivity contribution in [3.63, 3.8) is 0 Å². The number of alkyl halides is 3. The van der Waals surface area contributed by atoms with Crippen molar-refractivity contribution in [1.29, 1.82) is 5.26 Å². The Morgan fingerprint density at radius 3 is 2.50 bits per heavy atom. The van der Waals surface area contributed by atoms with Crippen molar-refractivity contribution in [2.24, 2.45) is 0 Å². The maximum atomic E-state index is 12.8. The Bertz CT molecular complexity index is 547. The monoisotopic (exact) mass is 287 g/mol. The highest BCUT2D eigenvalue weighted by Gasteiger charge is 2.36. The molecule has 0 aromatic heterocycles. The van der Waals surface area contributed by atoms with Gasteiger partial charge in [0, 0.05) is 0 Å². The minimum Gasteiger partial charge on any atom is -0.495 e. The first kappa shape index (κ1) is 15.8. The van der Waals surface area contributed by atoms with Crippen LogP contribution in [-0.4, -0.2) is 19.7 Å². The van der Waals surface area contributed by atoms with Gasteiger partial charge in [-0.3, -0.25) is 4.79 Å². The average Bonchev–Trinajstić information content (AvgIpc) is 2.36. The molecule has 0 unspecified atom stereocenters. The van der Waals surface area contributed by atoms with Crippen LogP contribution in [-0.2, 0) is 22.1 Å². The molecule has 1 rings (SSSR count). The van der Waals surface area contributed by atoms with Crippen LogP contribution in [0.2, 0.25) is 0 Å². The second-order valence-electron chi connectivity index (χ2n) is 3.77. The SMILES string of the molecule is CCOC(=O)Cc1ccc(C(F)(F)F)c(OC)c1C#N. The fourth-order valence-corrected chi connectivity index (χ4v) is 1.70. The van der Waals surface area contributed by atoms with E-state index in [1.807, 2.05) is 0 Å². The second kappa shape index (κ2) is 6.28. The van der Waals surface area contributed by atoms with Crippen molar-refractivity contribution >= 4 is 5.97 Å². The van der Waals surface area contributed by atoms with E-state index < -0.39 is 23.5 Å². The van der Waals surface area contributed by atoms with Crippen LogP contribution in [0.3, 0.4) is 0 Å². The molecule has 0 fully saturated rings. The zero-order valence-corrected chi connectivity index (χ0v) is 10.9. The predicted octanol–water partition coefficient (Wildman–Crippen LogP) is 2.69. The molecule has 4 nitrogen and oxygen atoms in total. The van der Waals surface area contributed by atoms with Gasteiger partial charge in [-0.05, 0) is 18.6 Å². The standard InChI is InChI=1S/C13H12F3NO3/c1-3-20-11(18)6-8-4-5-10(13(14,15)16)12(19-2)9(8)7-17/h4-5H,3,6H2,1-2H3. The van der Waals surface area contributed by atoms with E-state index in [2.05, 4.69) is 4.74 Å². The summed E-state index contributed by atoms with van der Waals surface area (Å²) in [5, 5.41) is 9.01. The Morgan fingerprint density at radius 2 is 2.05 bits per heavy atom. The Labute approximate surface area is 113 Å². The van der Waals surface area contributed by atoms with Gasteiger partial charge >= 0.3 is 12.1 Å². The second-order valence-corrected chi connectivity index (χ2v) is 3.77. The number of nitriles is 1. The maximum absolute atomic E-state index is 12.8. The molecule has 1 aromatic rings. The first-order valence-corrected chi connectivity index (χ1v) is 5.67. The van der Waals surface area contributed by atoms with Crippen molar-refractivity contribution in [3.05, 3.63) is 28.8 Å². The quantitative estimate of drug-likeness (QED) is 0.799. The molecule has 0 bridgehead atoms. The summed E-state index contributed by atoms with van der Waals surface area (Å²) in [6, 6.07) is 3.51. The minimum atomic E-state index is -4.64. The van der Waals surface area contributed by atoms with Crippen molar-refractivity contribution < 1.29 is 27.4 Å². The molecule has 0 amide bonds. The van der Waals surface area contributed by atoms with E-state index in [1.54, 1.807) is 13.0 Å². The van der Waals surface area contributed by atoms with Crippen molar-refractivity contribution in [2.45, 2.75) is 19.5 Å². The van der Waals surface area contributed by atoms with Crippen LogP contribution in [0.1, 0.15) is 23.6 Å². The Balaban J connectivity index is 3.30. The number of esters is 1. The molecule has 0 saturated carbocycles. The number of halogens is 3. The van der Waals surface area contributed by atoms with Crippen LogP contribution in [0.5, 0.6) is 5.75 Å². The van der Waals surface area contributed by atoms with E-state index in [9.17, 15) is 18.0 Å². The van der Waals surface area contributed by atoms with E-state index in [0.717, 1.165) is 19.2 Å². The van der Waals surface area contributed by atoms with E-state index >= 15 is 0 Å². The Morgan fingerprint density at radius 1 is 1.40 bits per heavy atom. The number of carbonyl (C=O) groups is 1. The molecule has 20 heavy (non-hydrogen) atoms. The lowest BCUT2D eigenvalue weighted by Crippen LogP contribution is -2.13. The predicted molar refractivity (Wildman–Crippen MR) is 63.0 cm³/mol. The van der Waals surface area contributed by atoms with Gasteiger partial charge in [-0.2, -0.15) is 18.4 Å². The third-order valence-electron chi connectivity index (χ3n) is 2.51. The van der Waals surface area contributed by atoms with E-state index in [1.165, 1.54) is 0 Å². The lowest BCUT2D eigenvalue weighted by Gasteiger charge is -2.15. The van der Waals surface area contributed by atoms with Crippen LogP contribution in [0, 0.1) is 11.3 Å². The summed E-state index contributed by atoms with van der Waals surface area (Å²) < 4.78 is 47.7. The number of methoxy groups -OCH3 is 1. The highest BCUT2D eigenvalue weighted by molar-refractivity contribution is 5.74. The zero-order chi connectivity index (χ0) is 15.3. The molecule has 0 spiro atoms. The lowest BCUT2D eigenvalue weighted by atomic mass is 10.00. The topological polar surface area (TPSA) is 59.3 Å². The number of rotatable bonds is 4. The third-order valence-corrected chi connectivity index (χ3v) is 2.51. The molecule has 0 aliphatic carbocycles. The first-order valence-electron chi connectivity index (χ1n) is 5.67. The van der Waals surface area contributed by atoms with E-state index in [-0.39, 0.29) is 24.2 Å². The van der Waals surface area contributed by atoms with E-state index in [4.69, 9.17) is 10.00 Å². The van der Waals surface area contributed by atoms with Gasteiger partial charge in [0.05, 0.1) is 31.3 Å². The summed E-state index contributed by atoms with van der Waals surface area (Å²) in [6.07, 6.45) is -4.93. The van der Waals surface area contributed by atoms with Crippen molar-refractivity contribution in [1.82, 2.24) is 0 Å². The number of carbonyl (C=O) groups excluding carboxylic acids is 1. The molecule has 0 aliphatic heterocycles. The third kappa shape index (κ3) is 3.41. The molecule has 0 aliphatic rings. The molecular weight excluding hydrogens is 275 g/mol. The summed E-state index contributed by atoms with van der Waals surface area (Å²) in [7, 11) is 1.04. The Hall–Kier alpha value is -2.23. The molecule has 0 saturated heterocycles. The number of nitrogens with zero attached hydrogens (tertiary/aromatic N) is 1. The van der Waals surface area contributed by atoms with Gasteiger partial charge in [-0.1, -0.05) is 6.07 Å². The van der Waals surface area contributed by atoms with E-state index in [0.29, 0.717) is 0 Å². The Kier molecular flexibility index (Phi) is 4.97. The van der Waals surface area contributed by atoms with Crippen LogP contribution in [0.15, 0.2) is 12.1 Å². The van der Waals surface area contributed by atoms with Crippen molar-refractivity contribution in [3.8, 4) is 11.8 Å². The van der Waals surface area contributed by atoms with Crippen LogP contribution < -0.4 is 4.74 Å². The van der Waals surface area contributed by atoms with Crippen LogP contribution >= 0.6 is 0 Å².